The zero-order chi connectivity index (χ0) is 15.9. The van der Waals surface area contributed by atoms with E-state index >= 15 is 0 Å². The number of rotatable bonds is 2. The first-order chi connectivity index (χ1) is 11.6. The van der Waals surface area contributed by atoms with Crippen molar-refractivity contribution >= 4 is 5.84 Å². The molecule has 8 aliphatic carbocycles. The number of hydrogen-bond acceptors (Lipinski definition) is 1. The zero-order valence-corrected chi connectivity index (χ0v) is 15.4. The van der Waals surface area contributed by atoms with Gasteiger partial charge in [0.15, 0.2) is 0 Å². The first-order valence-electron chi connectivity index (χ1n) is 10.9. The molecule has 0 saturated heterocycles. The Morgan fingerprint density at radius 2 is 1.04 bits per heavy atom. The molecule has 0 aliphatic heterocycles. The molecule has 8 rings (SSSR count). The van der Waals surface area contributed by atoms with Gasteiger partial charge in [0.05, 0.1) is 11.4 Å². The van der Waals surface area contributed by atoms with Crippen molar-refractivity contribution in [1.29, 1.82) is 0 Å². The number of nitrogens with zero attached hydrogens (tertiary/aromatic N) is 1. The molecule has 1 N–H and O–H groups in total. The maximum absolute atomic E-state index is 5.45. The lowest BCUT2D eigenvalue weighted by Gasteiger charge is -2.58. The standard InChI is InChI=1S/C22H34N2/c1-14(23-21-8-15-2-16(9-21)4-17(3-15)10-21)24-22-11-18-5-19(12-22)7-20(6-18)13-22/h15-20H,2-13H2,1H3,(H,23,24). The van der Waals surface area contributed by atoms with Crippen LogP contribution in [0.3, 0.4) is 0 Å². The number of nitrogens with one attached hydrogen (secondary N) is 1. The summed E-state index contributed by atoms with van der Waals surface area (Å²) in [5.74, 6) is 7.40. The van der Waals surface area contributed by atoms with E-state index in [1.807, 2.05) is 0 Å². The predicted octanol–water partition coefficient (Wildman–Crippen LogP) is 4.93. The molecule has 132 valence electrons. The zero-order valence-electron chi connectivity index (χ0n) is 15.4. The van der Waals surface area contributed by atoms with Crippen molar-refractivity contribution < 1.29 is 0 Å². The van der Waals surface area contributed by atoms with E-state index in [0.29, 0.717) is 11.1 Å². The lowest BCUT2D eigenvalue weighted by molar-refractivity contribution is -0.0118. The summed E-state index contributed by atoms with van der Waals surface area (Å²) in [5, 5.41) is 4.05. The summed E-state index contributed by atoms with van der Waals surface area (Å²) < 4.78 is 0. The molecule has 0 amide bonds. The van der Waals surface area contributed by atoms with Gasteiger partial charge in [0, 0.05) is 5.54 Å². The van der Waals surface area contributed by atoms with Crippen molar-refractivity contribution in [2.75, 3.05) is 0 Å². The predicted molar refractivity (Wildman–Crippen MR) is 98.1 cm³/mol. The minimum absolute atomic E-state index is 0.341. The molecule has 0 heterocycles. The maximum atomic E-state index is 5.45. The van der Waals surface area contributed by atoms with Gasteiger partial charge in [-0.15, -0.1) is 0 Å². The van der Waals surface area contributed by atoms with Gasteiger partial charge in [-0.2, -0.15) is 0 Å². The van der Waals surface area contributed by atoms with Crippen LogP contribution in [0.2, 0.25) is 0 Å². The normalized spacial score (nSPS) is 57.6. The van der Waals surface area contributed by atoms with Gasteiger partial charge in [-0.05, 0) is 119 Å². The van der Waals surface area contributed by atoms with Crippen LogP contribution in [-0.2, 0) is 0 Å². The van der Waals surface area contributed by atoms with E-state index in [1.54, 1.807) is 0 Å². The first-order valence-corrected chi connectivity index (χ1v) is 10.9. The Morgan fingerprint density at radius 1 is 0.667 bits per heavy atom. The molecule has 0 aromatic heterocycles. The third-order valence-electron chi connectivity index (χ3n) is 8.90. The Labute approximate surface area is 147 Å². The highest BCUT2D eigenvalue weighted by Gasteiger charge is 2.53. The maximum Gasteiger partial charge on any atom is 0.0942 e. The highest BCUT2D eigenvalue weighted by Crippen LogP contribution is 2.58. The van der Waals surface area contributed by atoms with Crippen LogP contribution in [0, 0.1) is 35.5 Å². The fraction of sp³-hybridized carbons (Fsp3) is 0.955. The largest absolute Gasteiger partial charge is 0.369 e. The molecule has 2 nitrogen and oxygen atoms in total. The van der Waals surface area contributed by atoms with Crippen molar-refractivity contribution in [2.45, 2.75) is 95.1 Å². The third kappa shape index (κ3) is 2.23. The molecule has 8 bridgehead atoms. The fourth-order valence-corrected chi connectivity index (χ4v) is 9.23. The van der Waals surface area contributed by atoms with Crippen molar-refractivity contribution in [3.8, 4) is 0 Å². The lowest BCUT2D eigenvalue weighted by atomic mass is 9.53. The number of hydrogen-bond donors (Lipinski definition) is 1. The molecular weight excluding hydrogens is 292 g/mol. The Balaban J connectivity index is 1.24. The molecule has 8 aliphatic rings. The van der Waals surface area contributed by atoms with E-state index in [2.05, 4.69) is 12.2 Å². The van der Waals surface area contributed by atoms with Gasteiger partial charge in [-0.25, -0.2) is 0 Å². The van der Waals surface area contributed by atoms with Crippen LogP contribution >= 0.6 is 0 Å². The number of aliphatic imine (C=N–C) groups is 1. The Kier molecular flexibility index (Phi) is 2.92. The van der Waals surface area contributed by atoms with Crippen molar-refractivity contribution in [3.63, 3.8) is 0 Å². The van der Waals surface area contributed by atoms with E-state index in [4.69, 9.17) is 4.99 Å². The lowest BCUT2D eigenvalue weighted by Crippen LogP contribution is -2.60. The van der Waals surface area contributed by atoms with Gasteiger partial charge in [0.2, 0.25) is 0 Å². The number of amidine groups is 1. The topological polar surface area (TPSA) is 24.4 Å². The molecule has 0 aromatic rings. The molecule has 0 spiro atoms. The SMILES string of the molecule is C/C(=N\C12CC3CC(CC(C3)C1)C2)NC12CC3CC(CC(C3)C1)C2. The Morgan fingerprint density at radius 3 is 1.46 bits per heavy atom. The van der Waals surface area contributed by atoms with Gasteiger partial charge in [-0.3, -0.25) is 4.99 Å². The summed E-state index contributed by atoms with van der Waals surface area (Å²) in [6.07, 6.45) is 17.7. The third-order valence-corrected chi connectivity index (χ3v) is 8.90. The molecule has 8 saturated carbocycles. The van der Waals surface area contributed by atoms with Gasteiger partial charge in [-0.1, -0.05) is 0 Å². The second kappa shape index (κ2) is 4.80. The van der Waals surface area contributed by atoms with Crippen LogP contribution < -0.4 is 5.32 Å². The Hall–Kier alpha value is -0.530. The van der Waals surface area contributed by atoms with Crippen molar-refractivity contribution in [3.05, 3.63) is 0 Å². The molecule has 0 atom stereocenters. The minimum atomic E-state index is 0.341. The average Bonchev–Trinajstić information content (AvgIpc) is 2.42. The van der Waals surface area contributed by atoms with E-state index in [9.17, 15) is 0 Å². The molecule has 24 heavy (non-hydrogen) atoms. The molecule has 0 unspecified atom stereocenters. The molecular formula is C22H34N2. The fourth-order valence-electron chi connectivity index (χ4n) is 9.23. The highest BCUT2D eigenvalue weighted by molar-refractivity contribution is 5.81. The van der Waals surface area contributed by atoms with Gasteiger partial charge < -0.3 is 5.32 Å². The first kappa shape index (κ1) is 14.6. The second-order valence-electron chi connectivity index (χ2n) is 11.2. The summed E-state index contributed by atoms with van der Waals surface area (Å²) in [6.45, 7) is 2.30. The van der Waals surface area contributed by atoms with Crippen molar-refractivity contribution in [2.24, 2.45) is 40.5 Å². The Bertz CT molecular complexity index is 504. The van der Waals surface area contributed by atoms with Crippen LogP contribution in [0.25, 0.3) is 0 Å². The van der Waals surface area contributed by atoms with Gasteiger partial charge in [0.25, 0.3) is 0 Å². The van der Waals surface area contributed by atoms with Crippen LogP contribution in [-0.4, -0.2) is 16.9 Å². The smallest absolute Gasteiger partial charge is 0.0942 e. The molecule has 0 aromatic carbocycles. The van der Waals surface area contributed by atoms with Crippen LogP contribution in [0.4, 0.5) is 0 Å². The summed E-state index contributed by atoms with van der Waals surface area (Å²) in [6, 6.07) is 0. The monoisotopic (exact) mass is 326 g/mol. The van der Waals surface area contributed by atoms with E-state index in [0.717, 1.165) is 35.5 Å². The summed E-state index contributed by atoms with van der Waals surface area (Å²) in [5.41, 5.74) is 0.777. The second-order valence-corrected chi connectivity index (χ2v) is 11.2. The molecule has 8 fully saturated rings. The summed E-state index contributed by atoms with van der Waals surface area (Å²) in [7, 11) is 0. The van der Waals surface area contributed by atoms with Gasteiger partial charge in [0.1, 0.15) is 0 Å². The van der Waals surface area contributed by atoms with E-state index in [1.165, 1.54) is 82.9 Å². The molecule has 2 heteroatoms. The van der Waals surface area contributed by atoms with Crippen molar-refractivity contribution in [1.82, 2.24) is 5.32 Å². The highest BCUT2D eigenvalue weighted by atomic mass is 15.1. The molecule has 0 radical (unpaired) electrons. The van der Waals surface area contributed by atoms with Crippen LogP contribution in [0.5, 0.6) is 0 Å². The summed E-state index contributed by atoms with van der Waals surface area (Å²) in [4.78, 5) is 5.45. The van der Waals surface area contributed by atoms with Crippen LogP contribution in [0.1, 0.15) is 84.0 Å². The summed E-state index contributed by atoms with van der Waals surface area (Å²) >= 11 is 0. The minimum Gasteiger partial charge on any atom is -0.369 e. The van der Waals surface area contributed by atoms with E-state index in [-0.39, 0.29) is 0 Å². The van der Waals surface area contributed by atoms with Crippen LogP contribution in [0.15, 0.2) is 4.99 Å². The van der Waals surface area contributed by atoms with Gasteiger partial charge >= 0.3 is 0 Å². The van der Waals surface area contributed by atoms with E-state index < -0.39 is 0 Å². The average molecular weight is 327 g/mol. The quantitative estimate of drug-likeness (QED) is 0.564.